The van der Waals surface area contributed by atoms with Gasteiger partial charge >= 0.3 is 0 Å². The molecular formula is C13H14N2O. The first-order valence-corrected chi connectivity index (χ1v) is 5.63. The molecular weight excluding hydrogens is 200 g/mol. The van der Waals surface area contributed by atoms with Gasteiger partial charge in [-0.15, -0.1) is 0 Å². The third-order valence-electron chi connectivity index (χ3n) is 3.25. The number of benzene rings is 1. The zero-order chi connectivity index (χ0) is 11.0. The summed E-state index contributed by atoms with van der Waals surface area (Å²) >= 11 is 0. The highest BCUT2D eigenvalue weighted by Gasteiger charge is 2.24. The van der Waals surface area contributed by atoms with Gasteiger partial charge in [0.15, 0.2) is 0 Å². The quantitative estimate of drug-likeness (QED) is 0.794. The van der Waals surface area contributed by atoms with Gasteiger partial charge in [-0.25, -0.2) is 4.98 Å². The molecule has 0 saturated carbocycles. The van der Waals surface area contributed by atoms with Crippen molar-refractivity contribution in [3.63, 3.8) is 0 Å². The number of rotatable bonds is 1. The van der Waals surface area contributed by atoms with Crippen molar-refractivity contribution in [2.75, 3.05) is 5.73 Å². The molecule has 0 radical (unpaired) electrons. The topological polar surface area (TPSA) is 52.0 Å². The minimum absolute atomic E-state index is 0.262. The van der Waals surface area contributed by atoms with Crippen molar-refractivity contribution < 1.29 is 4.42 Å². The number of anilines is 1. The van der Waals surface area contributed by atoms with Gasteiger partial charge in [0.25, 0.3) is 6.01 Å². The fourth-order valence-corrected chi connectivity index (χ4v) is 2.51. The number of hydrogen-bond donors (Lipinski definition) is 1. The molecule has 1 aliphatic rings. The Labute approximate surface area is 94.3 Å². The van der Waals surface area contributed by atoms with Crippen molar-refractivity contribution in [2.45, 2.75) is 25.2 Å². The van der Waals surface area contributed by atoms with E-state index >= 15 is 0 Å². The standard InChI is InChI=1S/C13H14N2O/c14-13-15-8-12(16-13)11-7-3-5-9-4-1-2-6-10(9)11/h1-2,4,6,8,11H,3,5,7H2,(H2,14,15). The molecule has 0 bridgehead atoms. The lowest BCUT2D eigenvalue weighted by Gasteiger charge is -2.23. The summed E-state index contributed by atoms with van der Waals surface area (Å²) in [6, 6.07) is 8.81. The van der Waals surface area contributed by atoms with Crippen LogP contribution in [0.25, 0.3) is 0 Å². The smallest absolute Gasteiger partial charge is 0.292 e. The molecule has 0 aliphatic heterocycles. The Balaban J connectivity index is 2.04. The van der Waals surface area contributed by atoms with Crippen LogP contribution in [0.1, 0.15) is 35.6 Å². The molecule has 1 aromatic carbocycles. The molecule has 1 heterocycles. The van der Waals surface area contributed by atoms with Crippen LogP contribution >= 0.6 is 0 Å². The third kappa shape index (κ3) is 1.48. The zero-order valence-corrected chi connectivity index (χ0v) is 9.02. The minimum Gasteiger partial charge on any atom is -0.428 e. The Bertz CT molecular complexity index is 504. The van der Waals surface area contributed by atoms with E-state index in [-0.39, 0.29) is 6.01 Å². The Morgan fingerprint density at radius 2 is 2.19 bits per heavy atom. The number of hydrogen-bond acceptors (Lipinski definition) is 3. The minimum atomic E-state index is 0.262. The Morgan fingerprint density at radius 3 is 3.00 bits per heavy atom. The average molecular weight is 214 g/mol. The van der Waals surface area contributed by atoms with Crippen molar-refractivity contribution in [3.05, 3.63) is 47.3 Å². The van der Waals surface area contributed by atoms with E-state index in [2.05, 4.69) is 29.2 Å². The molecule has 3 nitrogen and oxygen atoms in total. The molecule has 1 aliphatic carbocycles. The molecule has 0 fully saturated rings. The third-order valence-corrected chi connectivity index (χ3v) is 3.25. The highest BCUT2D eigenvalue weighted by atomic mass is 16.4. The first-order chi connectivity index (χ1) is 7.84. The predicted octanol–water partition coefficient (Wildman–Crippen LogP) is 2.73. The number of nitrogens with zero attached hydrogens (tertiary/aromatic N) is 1. The van der Waals surface area contributed by atoms with Gasteiger partial charge in [-0.05, 0) is 30.4 Å². The van der Waals surface area contributed by atoms with Crippen LogP contribution in [0.5, 0.6) is 0 Å². The van der Waals surface area contributed by atoms with Crippen LogP contribution in [0.4, 0.5) is 6.01 Å². The van der Waals surface area contributed by atoms with Crippen molar-refractivity contribution in [3.8, 4) is 0 Å². The molecule has 0 spiro atoms. The second-order valence-corrected chi connectivity index (χ2v) is 4.24. The number of fused-ring (bicyclic) bond motifs is 1. The number of nitrogens with two attached hydrogens (primary N) is 1. The van der Waals surface area contributed by atoms with Crippen LogP contribution in [-0.4, -0.2) is 4.98 Å². The Kier molecular flexibility index (Phi) is 2.17. The van der Waals surface area contributed by atoms with Crippen molar-refractivity contribution >= 4 is 6.01 Å². The van der Waals surface area contributed by atoms with Crippen molar-refractivity contribution in [1.29, 1.82) is 0 Å². The molecule has 82 valence electrons. The van der Waals surface area contributed by atoms with Gasteiger partial charge in [-0.3, -0.25) is 0 Å². The second-order valence-electron chi connectivity index (χ2n) is 4.24. The normalized spacial score (nSPS) is 19.4. The Hall–Kier alpha value is -1.77. The lowest BCUT2D eigenvalue weighted by molar-refractivity contribution is 0.467. The molecule has 1 atom stereocenters. The fourth-order valence-electron chi connectivity index (χ4n) is 2.51. The summed E-state index contributed by atoms with van der Waals surface area (Å²) < 4.78 is 5.45. The number of oxazole rings is 1. The van der Waals surface area contributed by atoms with E-state index in [1.54, 1.807) is 6.20 Å². The monoisotopic (exact) mass is 214 g/mol. The maximum atomic E-state index is 5.53. The highest BCUT2D eigenvalue weighted by molar-refractivity contribution is 5.37. The summed E-state index contributed by atoms with van der Waals surface area (Å²) in [5.41, 5.74) is 8.32. The van der Waals surface area contributed by atoms with E-state index < -0.39 is 0 Å². The molecule has 16 heavy (non-hydrogen) atoms. The number of nitrogen functional groups attached to an aromatic ring is 1. The maximum absolute atomic E-state index is 5.53. The maximum Gasteiger partial charge on any atom is 0.292 e. The molecule has 3 rings (SSSR count). The van der Waals surface area contributed by atoms with E-state index in [0.29, 0.717) is 5.92 Å². The molecule has 2 N–H and O–H groups in total. The van der Waals surface area contributed by atoms with Gasteiger partial charge in [0.2, 0.25) is 0 Å². The number of aryl methyl sites for hydroxylation is 1. The largest absolute Gasteiger partial charge is 0.428 e. The molecule has 0 saturated heterocycles. The number of aromatic nitrogens is 1. The summed E-state index contributed by atoms with van der Waals surface area (Å²) in [4.78, 5) is 3.98. The van der Waals surface area contributed by atoms with Crippen molar-refractivity contribution in [1.82, 2.24) is 4.98 Å². The SMILES string of the molecule is Nc1ncc(C2CCCc3ccccc32)o1. The van der Waals surface area contributed by atoms with Crippen molar-refractivity contribution in [2.24, 2.45) is 0 Å². The summed E-state index contributed by atoms with van der Waals surface area (Å²) in [6.45, 7) is 0. The molecule has 1 unspecified atom stereocenters. The van der Waals surface area contributed by atoms with E-state index in [1.165, 1.54) is 17.5 Å². The van der Waals surface area contributed by atoms with Gasteiger partial charge < -0.3 is 10.2 Å². The van der Waals surface area contributed by atoms with Gasteiger partial charge in [0.05, 0.1) is 6.20 Å². The predicted molar refractivity (Wildman–Crippen MR) is 62.1 cm³/mol. The molecule has 2 aromatic rings. The Morgan fingerprint density at radius 1 is 1.31 bits per heavy atom. The summed E-state index contributed by atoms with van der Waals surface area (Å²) in [5.74, 6) is 1.22. The van der Waals surface area contributed by atoms with Crippen LogP contribution in [0, 0.1) is 0 Å². The van der Waals surface area contributed by atoms with E-state index in [9.17, 15) is 0 Å². The van der Waals surface area contributed by atoms with Crippen LogP contribution in [-0.2, 0) is 6.42 Å². The van der Waals surface area contributed by atoms with Crippen LogP contribution in [0.2, 0.25) is 0 Å². The summed E-state index contributed by atoms with van der Waals surface area (Å²) in [5, 5.41) is 0. The average Bonchev–Trinajstić information content (AvgIpc) is 2.75. The molecule has 1 aromatic heterocycles. The first-order valence-electron chi connectivity index (χ1n) is 5.63. The summed E-state index contributed by atoms with van der Waals surface area (Å²) in [7, 11) is 0. The van der Waals surface area contributed by atoms with Gasteiger partial charge in [0.1, 0.15) is 5.76 Å². The molecule has 3 heteroatoms. The fraction of sp³-hybridized carbons (Fsp3) is 0.308. The van der Waals surface area contributed by atoms with Crippen LogP contribution in [0.3, 0.4) is 0 Å². The van der Waals surface area contributed by atoms with Crippen LogP contribution < -0.4 is 5.73 Å². The van der Waals surface area contributed by atoms with Gasteiger partial charge in [0, 0.05) is 5.92 Å². The second kappa shape index (κ2) is 3.67. The van der Waals surface area contributed by atoms with Gasteiger partial charge in [-0.1, -0.05) is 24.3 Å². The van der Waals surface area contributed by atoms with E-state index in [0.717, 1.165) is 18.6 Å². The lowest BCUT2D eigenvalue weighted by atomic mass is 9.82. The van der Waals surface area contributed by atoms with Gasteiger partial charge in [-0.2, -0.15) is 0 Å². The lowest BCUT2D eigenvalue weighted by Crippen LogP contribution is -2.10. The van der Waals surface area contributed by atoms with Crippen LogP contribution in [0.15, 0.2) is 34.9 Å². The summed E-state index contributed by atoms with van der Waals surface area (Å²) in [6.07, 6.45) is 5.23. The van der Waals surface area contributed by atoms with E-state index in [4.69, 9.17) is 10.2 Å². The highest BCUT2D eigenvalue weighted by Crippen LogP contribution is 2.36. The van der Waals surface area contributed by atoms with E-state index in [1.807, 2.05) is 0 Å². The zero-order valence-electron chi connectivity index (χ0n) is 9.02. The first kappa shape index (κ1) is 9.46. The molecule has 0 amide bonds.